The van der Waals surface area contributed by atoms with E-state index in [1.54, 1.807) is 0 Å². The highest BCUT2D eigenvalue weighted by molar-refractivity contribution is 9.09. The van der Waals surface area contributed by atoms with Gasteiger partial charge in [0.25, 0.3) is 0 Å². The van der Waals surface area contributed by atoms with Crippen LogP contribution in [0.15, 0.2) is 6.07 Å². The minimum Gasteiger partial charge on any atom is -0.387 e. The lowest BCUT2D eigenvalue weighted by Gasteiger charge is -2.21. The zero-order chi connectivity index (χ0) is 11.7. The van der Waals surface area contributed by atoms with E-state index in [1.165, 1.54) is 22.3 Å². The standard InChI is InChI=1S/C13H19BrO/c1-7-6-8(2)10(4)12(9(7)3)13(15)11(5)14/h6,11,13,15H,1-5H3. The van der Waals surface area contributed by atoms with Gasteiger partial charge in [-0.15, -0.1) is 0 Å². The minimum absolute atomic E-state index is 0.0797. The molecule has 1 aromatic carbocycles. The van der Waals surface area contributed by atoms with Crippen LogP contribution in [0.25, 0.3) is 0 Å². The molecule has 2 atom stereocenters. The monoisotopic (exact) mass is 270 g/mol. The summed E-state index contributed by atoms with van der Waals surface area (Å²) in [5, 5.41) is 10.2. The molecule has 0 bridgehead atoms. The van der Waals surface area contributed by atoms with Gasteiger partial charge in [-0.2, -0.15) is 0 Å². The van der Waals surface area contributed by atoms with Crippen LogP contribution in [0.5, 0.6) is 0 Å². The Balaban J connectivity index is 3.39. The molecule has 0 spiro atoms. The van der Waals surface area contributed by atoms with E-state index >= 15 is 0 Å². The molecule has 1 N–H and O–H groups in total. The summed E-state index contributed by atoms with van der Waals surface area (Å²) in [5.74, 6) is 0. The van der Waals surface area contributed by atoms with Crippen LogP contribution >= 0.6 is 15.9 Å². The Bertz CT molecular complexity index is 343. The molecule has 0 aromatic heterocycles. The van der Waals surface area contributed by atoms with Gasteiger partial charge in [-0.25, -0.2) is 0 Å². The van der Waals surface area contributed by atoms with Crippen molar-refractivity contribution in [3.8, 4) is 0 Å². The van der Waals surface area contributed by atoms with Crippen LogP contribution in [0.4, 0.5) is 0 Å². The molecule has 15 heavy (non-hydrogen) atoms. The molecule has 0 radical (unpaired) electrons. The molecular formula is C13H19BrO. The third kappa shape index (κ3) is 2.43. The van der Waals surface area contributed by atoms with Gasteiger partial charge in [0.15, 0.2) is 0 Å². The first-order chi connectivity index (χ1) is 6.86. The molecule has 0 fully saturated rings. The largest absolute Gasteiger partial charge is 0.387 e. The fourth-order valence-electron chi connectivity index (χ4n) is 1.92. The summed E-state index contributed by atoms with van der Waals surface area (Å²) in [6, 6.07) is 2.18. The van der Waals surface area contributed by atoms with Crippen LogP contribution in [0, 0.1) is 27.7 Å². The summed E-state index contributed by atoms with van der Waals surface area (Å²) in [4.78, 5) is 0.0797. The molecule has 0 heterocycles. The number of aliphatic hydroxyl groups excluding tert-OH is 1. The van der Waals surface area contributed by atoms with E-state index < -0.39 is 6.10 Å². The van der Waals surface area contributed by atoms with Gasteiger partial charge in [-0.05, 0) is 62.4 Å². The zero-order valence-corrected chi connectivity index (χ0v) is 11.6. The molecule has 0 aliphatic carbocycles. The van der Waals surface area contributed by atoms with Gasteiger partial charge in [-0.1, -0.05) is 22.0 Å². The van der Waals surface area contributed by atoms with Crippen LogP contribution in [-0.4, -0.2) is 9.93 Å². The van der Waals surface area contributed by atoms with Crippen LogP contribution in [0.3, 0.4) is 0 Å². The van der Waals surface area contributed by atoms with E-state index in [1.807, 2.05) is 6.92 Å². The third-order valence-corrected chi connectivity index (χ3v) is 3.66. The maximum atomic E-state index is 10.2. The Morgan fingerprint density at radius 3 is 1.80 bits per heavy atom. The van der Waals surface area contributed by atoms with Crippen molar-refractivity contribution in [3.63, 3.8) is 0 Å². The second-order valence-electron chi connectivity index (χ2n) is 4.30. The summed E-state index contributed by atoms with van der Waals surface area (Å²) in [7, 11) is 0. The van der Waals surface area contributed by atoms with Crippen molar-refractivity contribution in [1.82, 2.24) is 0 Å². The predicted molar refractivity (Wildman–Crippen MR) is 68.7 cm³/mol. The van der Waals surface area contributed by atoms with Crippen molar-refractivity contribution in [3.05, 3.63) is 33.9 Å². The van der Waals surface area contributed by atoms with Gasteiger partial charge in [0.05, 0.1) is 6.10 Å². The van der Waals surface area contributed by atoms with E-state index in [9.17, 15) is 5.11 Å². The van der Waals surface area contributed by atoms with Crippen molar-refractivity contribution < 1.29 is 5.11 Å². The van der Waals surface area contributed by atoms with Crippen LogP contribution in [0.2, 0.25) is 0 Å². The highest BCUT2D eigenvalue weighted by atomic mass is 79.9. The van der Waals surface area contributed by atoms with Gasteiger partial charge in [0.2, 0.25) is 0 Å². The van der Waals surface area contributed by atoms with Crippen molar-refractivity contribution >= 4 is 15.9 Å². The summed E-state index contributed by atoms with van der Waals surface area (Å²) >= 11 is 3.44. The van der Waals surface area contributed by atoms with Gasteiger partial charge in [0, 0.05) is 4.83 Å². The molecule has 0 amide bonds. The first-order valence-corrected chi connectivity index (χ1v) is 6.17. The smallest absolute Gasteiger partial charge is 0.0917 e. The van der Waals surface area contributed by atoms with Gasteiger partial charge in [0.1, 0.15) is 0 Å². The average molecular weight is 271 g/mol. The fraction of sp³-hybridized carbons (Fsp3) is 0.538. The molecule has 0 saturated heterocycles. The second kappa shape index (κ2) is 4.67. The minimum atomic E-state index is -0.427. The highest BCUT2D eigenvalue weighted by Gasteiger charge is 2.19. The fourth-order valence-corrected chi connectivity index (χ4v) is 2.18. The van der Waals surface area contributed by atoms with Gasteiger partial charge in [-0.3, -0.25) is 0 Å². The Hall–Kier alpha value is -0.340. The summed E-state index contributed by atoms with van der Waals surface area (Å²) < 4.78 is 0. The molecule has 0 aliphatic heterocycles. The molecule has 1 aromatic rings. The third-order valence-electron chi connectivity index (χ3n) is 3.15. The van der Waals surface area contributed by atoms with E-state index in [4.69, 9.17) is 0 Å². The lowest BCUT2D eigenvalue weighted by Crippen LogP contribution is -2.12. The summed E-state index contributed by atoms with van der Waals surface area (Å²) in [6.45, 7) is 10.3. The summed E-state index contributed by atoms with van der Waals surface area (Å²) in [5.41, 5.74) is 5.99. The molecule has 84 valence electrons. The Morgan fingerprint density at radius 1 is 1.07 bits per heavy atom. The first-order valence-electron chi connectivity index (χ1n) is 5.25. The maximum Gasteiger partial charge on any atom is 0.0917 e. The van der Waals surface area contributed by atoms with E-state index in [0.29, 0.717) is 0 Å². The molecule has 2 heteroatoms. The highest BCUT2D eigenvalue weighted by Crippen LogP contribution is 2.31. The molecule has 2 unspecified atom stereocenters. The maximum absolute atomic E-state index is 10.2. The quantitative estimate of drug-likeness (QED) is 0.812. The van der Waals surface area contributed by atoms with Crippen LogP contribution < -0.4 is 0 Å². The molecule has 1 nitrogen and oxygen atoms in total. The number of hydrogen-bond acceptors (Lipinski definition) is 1. The number of aliphatic hydroxyl groups is 1. The zero-order valence-electron chi connectivity index (χ0n) is 10.1. The second-order valence-corrected chi connectivity index (χ2v) is 5.74. The first kappa shape index (κ1) is 12.7. The number of alkyl halides is 1. The van der Waals surface area contributed by atoms with Crippen molar-refractivity contribution in [1.29, 1.82) is 0 Å². The van der Waals surface area contributed by atoms with E-state index in [0.717, 1.165) is 5.56 Å². The van der Waals surface area contributed by atoms with E-state index in [-0.39, 0.29) is 4.83 Å². The SMILES string of the molecule is Cc1cc(C)c(C)c(C(O)C(C)Br)c1C. The Kier molecular flexibility index (Phi) is 3.96. The van der Waals surface area contributed by atoms with Crippen molar-refractivity contribution in [2.45, 2.75) is 45.5 Å². The molecule has 1 rings (SSSR count). The molecule has 0 saturated carbocycles. The lowest BCUT2D eigenvalue weighted by molar-refractivity contribution is 0.180. The normalized spacial score (nSPS) is 15.1. The van der Waals surface area contributed by atoms with E-state index in [2.05, 4.69) is 49.7 Å². The average Bonchev–Trinajstić information content (AvgIpc) is 2.15. The lowest BCUT2D eigenvalue weighted by atomic mass is 9.90. The molecular weight excluding hydrogens is 252 g/mol. The number of rotatable bonds is 2. The predicted octanol–water partition coefficient (Wildman–Crippen LogP) is 3.74. The Labute approximate surface area is 101 Å². The van der Waals surface area contributed by atoms with Crippen LogP contribution in [-0.2, 0) is 0 Å². The van der Waals surface area contributed by atoms with Crippen molar-refractivity contribution in [2.75, 3.05) is 0 Å². The molecule has 0 aliphatic rings. The number of benzene rings is 1. The van der Waals surface area contributed by atoms with Gasteiger partial charge >= 0.3 is 0 Å². The van der Waals surface area contributed by atoms with Crippen LogP contribution in [0.1, 0.15) is 40.8 Å². The number of hydrogen-bond donors (Lipinski definition) is 1. The topological polar surface area (TPSA) is 20.2 Å². The van der Waals surface area contributed by atoms with Gasteiger partial charge < -0.3 is 5.11 Å². The number of aryl methyl sites for hydroxylation is 2. The summed E-state index contributed by atoms with van der Waals surface area (Å²) in [6.07, 6.45) is -0.427. The Morgan fingerprint density at radius 2 is 1.47 bits per heavy atom. The number of halogens is 1. The van der Waals surface area contributed by atoms with Crippen molar-refractivity contribution in [2.24, 2.45) is 0 Å².